The number of anilines is 1. The fraction of sp³-hybridized carbons (Fsp3) is 0.308. The van der Waals surface area contributed by atoms with E-state index in [9.17, 15) is 9.59 Å². The van der Waals surface area contributed by atoms with Gasteiger partial charge >= 0.3 is 5.97 Å². The second-order valence-corrected chi connectivity index (χ2v) is 3.73. The highest BCUT2D eigenvalue weighted by Gasteiger charge is 2.12. The lowest BCUT2D eigenvalue weighted by molar-refractivity contribution is -0.123. The van der Waals surface area contributed by atoms with Gasteiger partial charge in [-0.15, -0.1) is 0 Å². The lowest BCUT2D eigenvalue weighted by Crippen LogP contribution is -2.29. The van der Waals surface area contributed by atoms with Crippen molar-refractivity contribution in [2.24, 2.45) is 0 Å². The zero-order valence-corrected chi connectivity index (χ0v) is 11.0. The topological polar surface area (TPSA) is 114 Å². The molecule has 0 radical (unpaired) electrons. The standard InChI is InChI=1S/C13H15N3O4/c1-2-19-11-6-9(5-10(15)7-11)13(18)20-8-12(17)16-4-3-14/h5-7H,2,4,8,15H2,1H3,(H,16,17). The van der Waals surface area contributed by atoms with Crippen molar-refractivity contribution in [3.63, 3.8) is 0 Å². The minimum Gasteiger partial charge on any atom is -0.494 e. The Hall–Kier alpha value is -2.75. The maximum atomic E-state index is 11.8. The predicted octanol–water partition coefficient (Wildman–Crippen LogP) is 0.464. The zero-order valence-electron chi connectivity index (χ0n) is 11.0. The van der Waals surface area contributed by atoms with Gasteiger partial charge in [-0.1, -0.05) is 0 Å². The molecule has 0 bridgehead atoms. The molecule has 0 saturated heterocycles. The average molecular weight is 277 g/mol. The normalized spacial score (nSPS) is 9.40. The van der Waals surface area contributed by atoms with Crippen molar-refractivity contribution in [2.75, 3.05) is 25.5 Å². The molecule has 1 amide bonds. The molecule has 1 aromatic rings. The molecule has 0 atom stereocenters. The molecule has 0 spiro atoms. The number of nitrogens with two attached hydrogens (primary N) is 1. The quantitative estimate of drug-likeness (QED) is 0.443. The smallest absolute Gasteiger partial charge is 0.338 e. The van der Waals surface area contributed by atoms with E-state index >= 15 is 0 Å². The van der Waals surface area contributed by atoms with Crippen LogP contribution in [0.5, 0.6) is 5.75 Å². The van der Waals surface area contributed by atoms with Crippen molar-refractivity contribution in [1.82, 2.24) is 5.32 Å². The van der Waals surface area contributed by atoms with E-state index in [1.807, 2.05) is 0 Å². The van der Waals surface area contributed by atoms with Crippen LogP contribution in [-0.4, -0.2) is 31.6 Å². The fourth-order valence-corrected chi connectivity index (χ4v) is 1.39. The molecule has 0 aliphatic carbocycles. The van der Waals surface area contributed by atoms with Crippen LogP contribution in [0.1, 0.15) is 17.3 Å². The number of benzene rings is 1. The van der Waals surface area contributed by atoms with Gasteiger partial charge < -0.3 is 20.5 Å². The molecule has 1 rings (SSSR count). The number of hydrogen-bond donors (Lipinski definition) is 2. The molecule has 3 N–H and O–H groups in total. The molecule has 106 valence electrons. The number of ether oxygens (including phenoxy) is 2. The summed E-state index contributed by atoms with van der Waals surface area (Å²) in [5.41, 5.74) is 6.20. The van der Waals surface area contributed by atoms with Gasteiger partial charge in [0.15, 0.2) is 6.61 Å². The molecule has 0 fully saturated rings. The van der Waals surface area contributed by atoms with E-state index in [0.29, 0.717) is 18.0 Å². The Balaban J connectivity index is 2.63. The third-order valence-electron chi connectivity index (χ3n) is 2.17. The Morgan fingerprint density at radius 2 is 2.15 bits per heavy atom. The molecule has 0 unspecified atom stereocenters. The molecule has 7 nitrogen and oxygen atoms in total. The lowest BCUT2D eigenvalue weighted by atomic mass is 10.2. The molecular formula is C13H15N3O4. The van der Waals surface area contributed by atoms with Crippen molar-refractivity contribution in [2.45, 2.75) is 6.92 Å². The molecule has 0 aromatic heterocycles. The Kier molecular flexibility index (Phi) is 5.84. The molecule has 0 aliphatic heterocycles. The van der Waals surface area contributed by atoms with E-state index < -0.39 is 18.5 Å². The first kappa shape index (κ1) is 15.3. The Labute approximate surface area is 116 Å². The summed E-state index contributed by atoms with van der Waals surface area (Å²) in [7, 11) is 0. The first-order chi connectivity index (χ1) is 9.56. The number of nitriles is 1. The van der Waals surface area contributed by atoms with Crippen LogP contribution >= 0.6 is 0 Å². The minimum atomic E-state index is -0.689. The second-order valence-electron chi connectivity index (χ2n) is 3.73. The Bertz CT molecular complexity index is 537. The largest absolute Gasteiger partial charge is 0.494 e. The van der Waals surface area contributed by atoms with E-state index in [4.69, 9.17) is 20.5 Å². The van der Waals surface area contributed by atoms with Crippen LogP contribution in [-0.2, 0) is 9.53 Å². The highest BCUT2D eigenvalue weighted by Crippen LogP contribution is 2.19. The number of nitrogen functional groups attached to an aromatic ring is 1. The maximum Gasteiger partial charge on any atom is 0.338 e. The van der Waals surface area contributed by atoms with E-state index in [-0.39, 0.29) is 12.1 Å². The van der Waals surface area contributed by atoms with E-state index in [1.165, 1.54) is 12.1 Å². The number of hydrogen-bond acceptors (Lipinski definition) is 6. The number of nitrogens with zero attached hydrogens (tertiary/aromatic N) is 1. The maximum absolute atomic E-state index is 11.8. The highest BCUT2D eigenvalue weighted by molar-refractivity contribution is 5.92. The van der Waals surface area contributed by atoms with Crippen LogP contribution in [0.2, 0.25) is 0 Å². The van der Waals surface area contributed by atoms with Gasteiger partial charge in [0.25, 0.3) is 5.91 Å². The summed E-state index contributed by atoms with van der Waals surface area (Å²) < 4.78 is 10.1. The third-order valence-corrected chi connectivity index (χ3v) is 2.17. The zero-order chi connectivity index (χ0) is 15.0. The van der Waals surface area contributed by atoms with Crippen LogP contribution < -0.4 is 15.8 Å². The van der Waals surface area contributed by atoms with Crippen LogP contribution in [0.25, 0.3) is 0 Å². The molecule has 0 heterocycles. The van der Waals surface area contributed by atoms with Gasteiger partial charge in [0.2, 0.25) is 0 Å². The molecular weight excluding hydrogens is 262 g/mol. The molecule has 1 aromatic carbocycles. The van der Waals surface area contributed by atoms with Gasteiger partial charge in [0.05, 0.1) is 18.2 Å². The third kappa shape index (κ3) is 4.86. The first-order valence-corrected chi connectivity index (χ1v) is 5.91. The number of carbonyl (C=O) groups is 2. The summed E-state index contributed by atoms with van der Waals surface area (Å²) in [4.78, 5) is 22.9. The summed E-state index contributed by atoms with van der Waals surface area (Å²) in [6.07, 6.45) is 0. The molecule has 0 aliphatic rings. The number of esters is 1. The van der Waals surface area contributed by atoms with E-state index in [2.05, 4.69) is 5.32 Å². The van der Waals surface area contributed by atoms with Crippen LogP contribution in [0.4, 0.5) is 5.69 Å². The van der Waals surface area contributed by atoms with Gasteiger partial charge in [-0.25, -0.2) is 4.79 Å². The van der Waals surface area contributed by atoms with Crippen LogP contribution in [0, 0.1) is 11.3 Å². The molecule has 7 heteroatoms. The van der Waals surface area contributed by atoms with Crippen molar-refractivity contribution in [3.8, 4) is 11.8 Å². The number of nitrogens with one attached hydrogen (secondary N) is 1. The van der Waals surface area contributed by atoms with E-state index in [0.717, 1.165) is 0 Å². The summed E-state index contributed by atoms with van der Waals surface area (Å²) in [6, 6.07) is 6.23. The van der Waals surface area contributed by atoms with Gasteiger partial charge in [0, 0.05) is 11.8 Å². The monoisotopic (exact) mass is 277 g/mol. The van der Waals surface area contributed by atoms with Gasteiger partial charge in [0.1, 0.15) is 12.3 Å². The Morgan fingerprint density at radius 3 is 2.80 bits per heavy atom. The second kappa shape index (κ2) is 7.63. The van der Waals surface area contributed by atoms with Gasteiger partial charge in [-0.3, -0.25) is 4.79 Å². The summed E-state index contributed by atoms with van der Waals surface area (Å²) in [5.74, 6) is -0.785. The van der Waals surface area contributed by atoms with Crippen molar-refractivity contribution < 1.29 is 19.1 Å². The van der Waals surface area contributed by atoms with E-state index in [1.54, 1.807) is 19.1 Å². The summed E-state index contributed by atoms with van der Waals surface area (Å²) in [6.45, 7) is 1.65. The minimum absolute atomic E-state index is 0.136. The number of rotatable bonds is 6. The highest BCUT2D eigenvalue weighted by atomic mass is 16.5. The van der Waals surface area contributed by atoms with Gasteiger partial charge in [-0.05, 0) is 19.1 Å². The first-order valence-electron chi connectivity index (χ1n) is 5.91. The summed E-state index contributed by atoms with van der Waals surface area (Å²) >= 11 is 0. The van der Waals surface area contributed by atoms with Crippen molar-refractivity contribution in [1.29, 1.82) is 5.26 Å². The molecule has 0 saturated carbocycles. The number of amides is 1. The molecule has 20 heavy (non-hydrogen) atoms. The fourth-order valence-electron chi connectivity index (χ4n) is 1.39. The summed E-state index contributed by atoms with van der Waals surface area (Å²) in [5, 5.41) is 10.5. The van der Waals surface area contributed by atoms with Gasteiger partial charge in [-0.2, -0.15) is 5.26 Å². The SMILES string of the molecule is CCOc1cc(N)cc(C(=O)OCC(=O)NCC#N)c1. The lowest BCUT2D eigenvalue weighted by Gasteiger charge is -2.08. The predicted molar refractivity (Wildman–Crippen MR) is 70.9 cm³/mol. The van der Waals surface area contributed by atoms with Crippen molar-refractivity contribution >= 4 is 17.6 Å². The van der Waals surface area contributed by atoms with Crippen LogP contribution in [0.3, 0.4) is 0 Å². The van der Waals surface area contributed by atoms with Crippen molar-refractivity contribution in [3.05, 3.63) is 23.8 Å². The Morgan fingerprint density at radius 1 is 1.40 bits per heavy atom. The average Bonchev–Trinajstić information content (AvgIpc) is 2.42. The van der Waals surface area contributed by atoms with Crippen LogP contribution in [0.15, 0.2) is 18.2 Å². The number of carbonyl (C=O) groups excluding carboxylic acids is 2.